The van der Waals surface area contributed by atoms with E-state index in [-0.39, 0.29) is 24.3 Å². The van der Waals surface area contributed by atoms with Crippen LogP contribution in [0.25, 0.3) is 0 Å². The summed E-state index contributed by atoms with van der Waals surface area (Å²) in [7, 11) is 0. The molecule has 2 aliphatic rings. The van der Waals surface area contributed by atoms with Crippen molar-refractivity contribution in [3.63, 3.8) is 0 Å². The molecule has 0 aromatic heterocycles. The molecule has 2 bridgehead atoms. The lowest BCUT2D eigenvalue weighted by Gasteiger charge is -2.27. The van der Waals surface area contributed by atoms with E-state index in [1.807, 2.05) is 31.2 Å². The van der Waals surface area contributed by atoms with Crippen LogP contribution in [0.1, 0.15) is 18.4 Å². The minimum Gasteiger partial charge on any atom is -0.480 e. The number of aliphatic carboxylic acids is 1. The van der Waals surface area contributed by atoms with Gasteiger partial charge in [-0.05, 0) is 43.7 Å². The number of allylic oxidation sites excluding steroid dienone is 2. The Balaban J connectivity index is 1.85. The van der Waals surface area contributed by atoms with Crippen LogP contribution in [-0.2, 0) is 9.59 Å². The highest BCUT2D eigenvalue weighted by Crippen LogP contribution is 2.44. The molecule has 3 atom stereocenters. The molecule has 1 amide bonds. The standard InChI is InChI=1S/C17H19NO3/c1-11-2-6-14(7-3-11)18(10-16(19)20)17(21)15-9-12-4-5-13(15)8-12/h2-7,12-13,15H,8-10H2,1H3,(H,19,20). The van der Waals surface area contributed by atoms with Gasteiger partial charge in [-0.3, -0.25) is 9.59 Å². The van der Waals surface area contributed by atoms with E-state index in [0.29, 0.717) is 11.6 Å². The van der Waals surface area contributed by atoms with Gasteiger partial charge in [-0.25, -0.2) is 0 Å². The smallest absolute Gasteiger partial charge is 0.323 e. The number of carboxylic acid groups (broad SMARTS) is 1. The van der Waals surface area contributed by atoms with Gasteiger partial charge >= 0.3 is 5.97 Å². The second-order valence-electron chi connectivity index (χ2n) is 6.04. The molecule has 4 heteroatoms. The molecule has 1 aromatic carbocycles. The molecule has 0 radical (unpaired) electrons. The summed E-state index contributed by atoms with van der Waals surface area (Å²) in [5.74, 6) is -0.334. The van der Waals surface area contributed by atoms with Gasteiger partial charge in [0.1, 0.15) is 6.54 Å². The number of amides is 1. The first kappa shape index (κ1) is 13.9. The van der Waals surface area contributed by atoms with Crippen molar-refractivity contribution in [1.29, 1.82) is 0 Å². The van der Waals surface area contributed by atoms with Gasteiger partial charge in [-0.2, -0.15) is 0 Å². The number of carbonyl (C=O) groups is 2. The van der Waals surface area contributed by atoms with E-state index in [9.17, 15) is 9.59 Å². The third-order valence-electron chi connectivity index (χ3n) is 4.50. The predicted molar refractivity (Wildman–Crippen MR) is 80.0 cm³/mol. The Kier molecular flexibility index (Phi) is 3.53. The topological polar surface area (TPSA) is 57.6 Å². The summed E-state index contributed by atoms with van der Waals surface area (Å²) in [5.41, 5.74) is 1.75. The number of nitrogens with zero attached hydrogens (tertiary/aromatic N) is 1. The third kappa shape index (κ3) is 2.71. The van der Waals surface area contributed by atoms with Gasteiger partial charge in [0.15, 0.2) is 0 Å². The van der Waals surface area contributed by atoms with Gasteiger partial charge in [0.05, 0.1) is 0 Å². The Bertz CT molecular complexity index is 591. The van der Waals surface area contributed by atoms with E-state index >= 15 is 0 Å². The van der Waals surface area contributed by atoms with Crippen molar-refractivity contribution in [2.45, 2.75) is 19.8 Å². The Morgan fingerprint density at radius 2 is 1.90 bits per heavy atom. The zero-order valence-corrected chi connectivity index (χ0v) is 12.0. The van der Waals surface area contributed by atoms with E-state index in [1.54, 1.807) is 0 Å². The zero-order valence-electron chi connectivity index (χ0n) is 12.0. The number of fused-ring (bicyclic) bond motifs is 2. The van der Waals surface area contributed by atoms with E-state index in [1.165, 1.54) is 4.90 Å². The lowest BCUT2D eigenvalue weighted by molar-refractivity contribution is -0.137. The Labute approximate surface area is 124 Å². The van der Waals surface area contributed by atoms with Crippen LogP contribution in [0.2, 0.25) is 0 Å². The minimum atomic E-state index is -0.984. The summed E-state index contributed by atoms with van der Waals surface area (Å²) >= 11 is 0. The molecule has 1 N–H and O–H groups in total. The van der Waals surface area contributed by atoms with Gasteiger partial charge in [-0.1, -0.05) is 29.8 Å². The molecule has 0 aliphatic heterocycles. The summed E-state index contributed by atoms with van der Waals surface area (Å²) in [5, 5.41) is 9.12. The second-order valence-corrected chi connectivity index (χ2v) is 6.04. The maximum absolute atomic E-state index is 12.8. The molecular weight excluding hydrogens is 266 g/mol. The highest BCUT2D eigenvalue weighted by Gasteiger charge is 2.42. The molecule has 4 nitrogen and oxygen atoms in total. The van der Waals surface area contributed by atoms with Crippen molar-refractivity contribution in [3.05, 3.63) is 42.0 Å². The zero-order chi connectivity index (χ0) is 15.0. The summed E-state index contributed by atoms with van der Waals surface area (Å²) in [4.78, 5) is 25.3. The van der Waals surface area contributed by atoms with Gasteiger partial charge in [0.2, 0.25) is 5.91 Å². The fraction of sp³-hybridized carbons (Fsp3) is 0.412. The van der Waals surface area contributed by atoms with Crippen LogP contribution in [0.15, 0.2) is 36.4 Å². The molecule has 3 unspecified atom stereocenters. The van der Waals surface area contributed by atoms with Crippen molar-refractivity contribution >= 4 is 17.6 Å². The fourth-order valence-electron chi connectivity index (χ4n) is 3.42. The molecule has 0 saturated heterocycles. The summed E-state index contributed by atoms with van der Waals surface area (Å²) in [6.45, 7) is 1.69. The van der Waals surface area contributed by atoms with Crippen LogP contribution in [-0.4, -0.2) is 23.5 Å². The van der Waals surface area contributed by atoms with Gasteiger partial charge in [0.25, 0.3) is 0 Å². The summed E-state index contributed by atoms with van der Waals surface area (Å²) in [6.07, 6.45) is 6.18. The first-order valence-corrected chi connectivity index (χ1v) is 7.33. The van der Waals surface area contributed by atoms with Crippen molar-refractivity contribution in [3.8, 4) is 0 Å². The molecular formula is C17H19NO3. The Morgan fingerprint density at radius 1 is 1.19 bits per heavy atom. The molecule has 1 aromatic rings. The van der Waals surface area contributed by atoms with Gasteiger partial charge in [0, 0.05) is 11.6 Å². The monoisotopic (exact) mass is 285 g/mol. The van der Waals surface area contributed by atoms with Crippen molar-refractivity contribution in [1.82, 2.24) is 0 Å². The molecule has 1 saturated carbocycles. The minimum absolute atomic E-state index is 0.0573. The number of rotatable bonds is 4. The Morgan fingerprint density at radius 3 is 2.43 bits per heavy atom. The maximum atomic E-state index is 12.8. The van der Waals surface area contributed by atoms with Crippen molar-refractivity contribution in [2.75, 3.05) is 11.4 Å². The number of aryl methyl sites for hydroxylation is 1. The maximum Gasteiger partial charge on any atom is 0.323 e. The first-order chi connectivity index (χ1) is 10.0. The van der Waals surface area contributed by atoms with E-state index in [4.69, 9.17) is 5.11 Å². The number of carbonyl (C=O) groups excluding carboxylic acids is 1. The Hall–Kier alpha value is -2.10. The molecule has 2 aliphatic carbocycles. The second kappa shape index (κ2) is 5.35. The highest BCUT2D eigenvalue weighted by molar-refractivity contribution is 5.99. The number of carboxylic acids is 1. The van der Waals surface area contributed by atoms with Crippen LogP contribution >= 0.6 is 0 Å². The van der Waals surface area contributed by atoms with E-state index < -0.39 is 5.97 Å². The van der Waals surface area contributed by atoms with Crippen LogP contribution in [0.5, 0.6) is 0 Å². The quantitative estimate of drug-likeness (QED) is 0.865. The first-order valence-electron chi connectivity index (χ1n) is 7.33. The lowest BCUT2D eigenvalue weighted by Crippen LogP contribution is -2.41. The average molecular weight is 285 g/mol. The summed E-state index contributed by atoms with van der Waals surface area (Å²) in [6, 6.07) is 7.44. The lowest BCUT2D eigenvalue weighted by atomic mass is 9.92. The number of benzene rings is 1. The predicted octanol–water partition coefficient (Wildman–Crippen LogP) is 2.62. The van der Waals surface area contributed by atoms with E-state index in [2.05, 4.69) is 12.2 Å². The molecule has 110 valence electrons. The van der Waals surface area contributed by atoms with Crippen LogP contribution in [0, 0.1) is 24.7 Å². The van der Waals surface area contributed by atoms with Gasteiger partial charge in [-0.15, -0.1) is 0 Å². The van der Waals surface area contributed by atoms with Crippen LogP contribution in [0.3, 0.4) is 0 Å². The molecule has 3 rings (SSSR count). The SMILES string of the molecule is Cc1ccc(N(CC(=O)O)C(=O)C2CC3C=CC2C3)cc1. The molecule has 0 spiro atoms. The van der Waals surface area contributed by atoms with Crippen molar-refractivity contribution in [2.24, 2.45) is 17.8 Å². The molecule has 1 fully saturated rings. The highest BCUT2D eigenvalue weighted by atomic mass is 16.4. The van der Waals surface area contributed by atoms with Crippen LogP contribution < -0.4 is 4.90 Å². The number of hydrogen-bond acceptors (Lipinski definition) is 2. The normalized spacial score (nSPS) is 26.0. The molecule has 21 heavy (non-hydrogen) atoms. The third-order valence-corrected chi connectivity index (χ3v) is 4.50. The fourth-order valence-corrected chi connectivity index (χ4v) is 3.42. The van der Waals surface area contributed by atoms with E-state index in [0.717, 1.165) is 18.4 Å². The molecule has 0 heterocycles. The van der Waals surface area contributed by atoms with Crippen molar-refractivity contribution < 1.29 is 14.7 Å². The largest absolute Gasteiger partial charge is 0.480 e. The number of hydrogen-bond donors (Lipinski definition) is 1. The average Bonchev–Trinajstić information content (AvgIpc) is 3.07. The number of anilines is 1. The van der Waals surface area contributed by atoms with Crippen LogP contribution in [0.4, 0.5) is 5.69 Å². The summed E-state index contributed by atoms with van der Waals surface area (Å²) < 4.78 is 0. The van der Waals surface area contributed by atoms with Gasteiger partial charge < -0.3 is 10.0 Å².